The summed E-state index contributed by atoms with van der Waals surface area (Å²) in [6.07, 6.45) is 5.12. The Kier molecular flexibility index (Phi) is 5.43. The van der Waals surface area contributed by atoms with Crippen LogP contribution < -0.4 is 15.1 Å². The molecule has 0 aromatic carbocycles. The summed E-state index contributed by atoms with van der Waals surface area (Å²) in [5, 5.41) is 3.38. The summed E-state index contributed by atoms with van der Waals surface area (Å²) in [5.41, 5.74) is 0.0833. The number of nitrogens with zero attached hydrogens (tertiary/aromatic N) is 6. The van der Waals surface area contributed by atoms with Crippen LogP contribution in [0.1, 0.15) is 39.3 Å². The van der Waals surface area contributed by atoms with Crippen LogP contribution in [0.5, 0.6) is 0 Å². The average molecular weight is 373 g/mol. The number of halogens is 1. The van der Waals surface area contributed by atoms with E-state index in [2.05, 4.69) is 25.3 Å². The lowest BCUT2D eigenvalue weighted by Gasteiger charge is -2.34. The van der Waals surface area contributed by atoms with E-state index in [0.717, 1.165) is 25.2 Å². The summed E-state index contributed by atoms with van der Waals surface area (Å²) < 4.78 is 15.0. The lowest BCUT2D eigenvalue weighted by Crippen LogP contribution is -2.43. The second-order valence-electron chi connectivity index (χ2n) is 8.17. The molecule has 1 fully saturated rings. The van der Waals surface area contributed by atoms with Gasteiger partial charge in [-0.25, -0.2) is 19.3 Å². The summed E-state index contributed by atoms with van der Waals surface area (Å²) >= 11 is 0. The van der Waals surface area contributed by atoms with E-state index < -0.39 is 0 Å². The lowest BCUT2D eigenvalue weighted by molar-refractivity contribution is 0.479. The zero-order valence-corrected chi connectivity index (χ0v) is 16.7. The first-order valence-electron chi connectivity index (χ1n) is 9.28. The van der Waals surface area contributed by atoms with Gasteiger partial charge in [-0.2, -0.15) is 4.98 Å². The van der Waals surface area contributed by atoms with Gasteiger partial charge in [0.25, 0.3) is 0 Å². The zero-order chi connectivity index (χ0) is 19.6. The Morgan fingerprint density at radius 2 is 2.00 bits per heavy atom. The molecule has 0 spiro atoms. The third-order valence-electron chi connectivity index (χ3n) is 4.63. The van der Waals surface area contributed by atoms with Gasteiger partial charge in [0.2, 0.25) is 5.95 Å². The van der Waals surface area contributed by atoms with E-state index >= 15 is 4.39 Å². The molecule has 0 bridgehead atoms. The average Bonchev–Trinajstić information content (AvgIpc) is 2.61. The normalized spacial score (nSPS) is 17.7. The van der Waals surface area contributed by atoms with Crippen LogP contribution in [0.15, 0.2) is 18.6 Å². The molecule has 7 nitrogen and oxygen atoms in total. The van der Waals surface area contributed by atoms with Crippen LogP contribution in [-0.4, -0.2) is 53.2 Å². The maximum atomic E-state index is 15.0. The third kappa shape index (κ3) is 4.43. The largest absolute Gasteiger partial charge is 0.363 e. The molecular weight excluding hydrogens is 345 g/mol. The molecule has 3 heterocycles. The first-order valence-corrected chi connectivity index (χ1v) is 9.28. The third-order valence-corrected chi connectivity index (χ3v) is 4.63. The summed E-state index contributed by atoms with van der Waals surface area (Å²) in [6.45, 7) is 7.29. The van der Waals surface area contributed by atoms with E-state index in [1.54, 1.807) is 6.20 Å². The van der Waals surface area contributed by atoms with Crippen molar-refractivity contribution in [1.29, 1.82) is 0 Å². The fraction of sp³-hybridized carbons (Fsp3) is 0.579. The van der Waals surface area contributed by atoms with Crippen LogP contribution in [0.25, 0.3) is 0 Å². The number of hydrogen-bond donors (Lipinski definition) is 1. The van der Waals surface area contributed by atoms with E-state index in [1.807, 2.05) is 50.7 Å². The van der Waals surface area contributed by atoms with Crippen molar-refractivity contribution in [2.45, 2.75) is 45.1 Å². The van der Waals surface area contributed by atoms with Crippen LogP contribution in [0.3, 0.4) is 0 Å². The molecule has 2 aromatic rings. The molecule has 2 aromatic heterocycles. The van der Waals surface area contributed by atoms with Crippen molar-refractivity contribution < 1.29 is 4.39 Å². The minimum absolute atomic E-state index is 0.128. The summed E-state index contributed by atoms with van der Waals surface area (Å²) in [5.74, 6) is 1.49. The van der Waals surface area contributed by atoms with Gasteiger partial charge in [-0.3, -0.25) is 0 Å². The van der Waals surface area contributed by atoms with Crippen molar-refractivity contribution in [3.8, 4) is 0 Å². The van der Waals surface area contributed by atoms with Gasteiger partial charge in [0.15, 0.2) is 11.6 Å². The van der Waals surface area contributed by atoms with E-state index in [-0.39, 0.29) is 17.3 Å². The van der Waals surface area contributed by atoms with Gasteiger partial charge in [0.1, 0.15) is 12.1 Å². The van der Waals surface area contributed by atoms with Crippen LogP contribution >= 0.6 is 0 Å². The number of rotatable bonds is 4. The number of piperidine rings is 1. The van der Waals surface area contributed by atoms with Crippen LogP contribution in [0.4, 0.5) is 22.0 Å². The highest BCUT2D eigenvalue weighted by atomic mass is 19.1. The summed E-state index contributed by atoms with van der Waals surface area (Å²) in [6, 6.07) is 1.99. The fourth-order valence-corrected chi connectivity index (χ4v) is 3.24. The lowest BCUT2D eigenvalue weighted by atomic mass is 9.91. The predicted molar refractivity (Wildman–Crippen MR) is 106 cm³/mol. The number of nitrogens with one attached hydrogen (secondary N) is 1. The Labute approximate surface area is 160 Å². The molecule has 0 aliphatic carbocycles. The van der Waals surface area contributed by atoms with Crippen molar-refractivity contribution >= 4 is 17.6 Å². The van der Waals surface area contributed by atoms with E-state index in [4.69, 9.17) is 0 Å². The molecular formula is C19H28FN7. The highest BCUT2D eigenvalue weighted by Gasteiger charge is 2.28. The molecule has 1 N–H and O–H groups in total. The Hall–Kier alpha value is -2.51. The van der Waals surface area contributed by atoms with E-state index in [1.165, 1.54) is 6.33 Å². The molecule has 3 rings (SSSR count). The first-order chi connectivity index (χ1) is 12.8. The van der Waals surface area contributed by atoms with Crippen LogP contribution in [0, 0.1) is 5.82 Å². The monoisotopic (exact) mass is 373 g/mol. The minimum Gasteiger partial charge on any atom is -0.363 e. The van der Waals surface area contributed by atoms with Gasteiger partial charge in [-0.05, 0) is 18.9 Å². The molecule has 146 valence electrons. The van der Waals surface area contributed by atoms with Crippen molar-refractivity contribution in [1.82, 2.24) is 19.9 Å². The van der Waals surface area contributed by atoms with Crippen molar-refractivity contribution in [2.75, 3.05) is 42.3 Å². The molecule has 0 saturated carbocycles. The number of anilines is 3. The van der Waals surface area contributed by atoms with Crippen LogP contribution in [-0.2, 0) is 5.41 Å². The molecule has 1 saturated heterocycles. The quantitative estimate of drug-likeness (QED) is 0.884. The molecule has 8 heteroatoms. The first kappa shape index (κ1) is 19.3. The highest BCUT2D eigenvalue weighted by molar-refractivity contribution is 5.45. The predicted octanol–water partition coefficient (Wildman–Crippen LogP) is 2.85. The van der Waals surface area contributed by atoms with Crippen molar-refractivity contribution in [3.05, 3.63) is 30.1 Å². The molecule has 0 radical (unpaired) electrons. The van der Waals surface area contributed by atoms with Crippen molar-refractivity contribution in [2.24, 2.45) is 0 Å². The Morgan fingerprint density at radius 3 is 2.70 bits per heavy atom. The van der Waals surface area contributed by atoms with Gasteiger partial charge in [-0.15, -0.1) is 0 Å². The number of aromatic nitrogens is 4. The maximum absolute atomic E-state index is 15.0. The molecule has 0 amide bonds. The smallest absolute Gasteiger partial charge is 0.224 e. The second-order valence-corrected chi connectivity index (χ2v) is 8.17. The zero-order valence-electron chi connectivity index (χ0n) is 16.7. The van der Waals surface area contributed by atoms with Gasteiger partial charge in [0.05, 0.1) is 5.69 Å². The molecule has 1 atom stereocenters. The Bertz CT molecular complexity index is 788. The van der Waals surface area contributed by atoms with Gasteiger partial charge in [-0.1, -0.05) is 20.8 Å². The maximum Gasteiger partial charge on any atom is 0.224 e. The standard InChI is InChI=1S/C19H28FN7/c1-19(2,3)16-15(20)17(23-12-22-16)27-10-6-7-13(11-27)24-18-21-9-8-14(25-18)26(4)5/h8-9,12-13H,6-7,10-11H2,1-5H3,(H,21,24,25). The highest BCUT2D eigenvalue weighted by Crippen LogP contribution is 2.29. The molecule has 27 heavy (non-hydrogen) atoms. The van der Waals surface area contributed by atoms with Gasteiger partial charge >= 0.3 is 0 Å². The Balaban J connectivity index is 1.76. The van der Waals surface area contributed by atoms with Gasteiger partial charge < -0.3 is 15.1 Å². The summed E-state index contributed by atoms with van der Waals surface area (Å²) in [7, 11) is 3.89. The van der Waals surface area contributed by atoms with Crippen LogP contribution in [0.2, 0.25) is 0 Å². The topological polar surface area (TPSA) is 70.1 Å². The minimum atomic E-state index is -0.365. The van der Waals surface area contributed by atoms with E-state index in [0.29, 0.717) is 24.0 Å². The molecule has 1 aliphatic heterocycles. The fourth-order valence-electron chi connectivity index (χ4n) is 3.24. The van der Waals surface area contributed by atoms with E-state index in [9.17, 15) is 0 Å². The summed E-state index contributed by atoms with van der Waals surface area (Å²) in [4.78, 5) is 21.1. The molecule has 1 aliphatic rings. The van der Waals surface area contributed by atoms with Crippen molar-refractivity contribution in [3.63, 3.8) is 0 Å². The number of hydrogen-bond acceptors (Lipinski definition) is 7. The molecule has 1 unspecified atom stereocenters. The second kappa shape index (κ2) is 7.62. The van der Waals surface area contributed by atoms with Gasteiger partial charge in [0, 0.05) is 44.8 Å². The SMILES string of the molecule is CN(C)c1ccnc(NC2CCCN(c3ncnc(C(C)(C)C)c3F)C2)n1. The Morgan fingerprint density at radius 1 is 1.22 bits per heavy atom.